The first-order chi connectivity index (χ1) is 15.2. The number of carbonyl (C=O) groups excluding carboxylic acids is 3. The molecule has 2 aromatic carbocycles. The van der Waals surface area contributed by atoms with Crippen LogP contribution in [0.5, 0.6) is 0 Å². The summed E-state index contributed by atoms with van der Waals surface area (Å²) in [7, 11) is 0. The monoisotopic (exact) mass is 432 g/mol. The molecule has 1 aliphatic rings. The molecule has 1 fully saturated rings. The molecule has 32 heavy (non-hydrogen) atoms. The SMILES string of the molecule is CC(C)(C)N(Cc1ccccc1)C(=O)CN1C(=O)NC(Cc2c[nH]c3ccccc23)C1=O. The van der Waals surface area contributed by atoms with Gasteiger partial charge in [0.05, 0.1) is 0 Å². The zero-order valence-electron chi connectivity index (χ0n) is 18.6. The highest BCUT2D eigenvalue weighted by Crippen LogP contribution is 2.22. The lowest BCUT2D eigenvalue weighted by Gasteiger charge is -2.36. The highest BCUT2D eigenvalue weighted by atomic mass is 16.2. The largest absolute Gasteiger partial charge is 0.361 e. The molecule has 0 spiro atoms. The Bertz CT molecular complexity index is 1150. The van der Waals surface area contributed by atoms with E-state index in [9.17, 15) is 14.4 Å². The van der Waals surface area contributed by atoms with E-state index in [2.05, 4.69) is 10.3 Å². The molecule has 7 nitrogen and oxygen atoms in total. The van der Waals surface area contributed by atoms with Crippen LogP contribution >= 0.6 is 0 Å². The second-order valence-electron chi connectivity index (χ2n) is 9.13. The Morgan fingerprint density at radius 1 is 1.03 bits per heavy atom. The van der Waals surface area contributed by atoms with Crippen LogP contribution in [0.15, 0.2) is 60.8 Å². The number of amides is 4. The second-order valence-corrected chi connectivity index (χ2v) is 9.13. The van der Waals surface area contributed by atoms with Gasteiger partial charge in [0.2, 0.25) is 5.91 Å². The van der Waals surface area contributed by atoms with Crippen molar-refractivity contribution < 1.29 is 14.4 Å². The minimum Gasteiger partial charge on any atom is -0.361 e. The van der Waals surface area contributed by atoms with E-state index in [0.29, 0.717) is 13.0 Å². The van der Waals surface area contributed by atoms with Crippen LogP contribution in [0.4, 0.5) is 4.79 Å². The molecule has 1 saturated heterocycles. The molecular formula is C25H28N4O3. The molecule has 2 N–H and O–H groups in total. The Labute approximate surface area is 187 Å². The molecule has 0 aliphatic carbocycles. The third kappa shape index (κ3) is 4.37. The lowest BCUT2D eigenvalue weighted by molar-refractivity contribution is -0.141. The van der Waals surface area contributed by atoms with Gasteiger partial charge in [-0.25, -0.2) is 4.79 Å². The molecule has 0 bridgehead atoms. The summed E-state index contributed by atoms with van der Waals surface area (Å²) >= 11 is 0. The van der Waals surface area contributed by atoms with E-state index < -0.39 is 17.6 Å². The molecule has 2 heterocycles. The number of benzene rings is 2. The Hall–Kier alpha value is -3.61. The van der Waals surface area contributed by atoms with Gasteiger partial charge in [-0.3, -0.25) is 14.5 Å². The number of para-hydroxylation sites is 1. The highest BCUT2D eigenvalue weighted by Gasteiger charge is 2.40. The van der Waals surface area contributed by atoms with Crippen molar-refractivity contribution >= 4 is 28.7 Å². The highest BCUT2D eigenvalue weighted by molar-refractivity contribution is 6.06. The number of rotatable bonds is 6. The number of nitrogens with zero attached hydrogens (tertiary/aromatic N) is 2. The summed E-state index contributed by atoms with van der Waals surface area (Å²) in [6.07, 6.45) is 2.23. The van der Waals surface area contributed by atoms with Gasteiger partial charge in [-0.1, -0.05) is 48.5 Å². The van der Waals surface area contributed by atoms with E-state index in [1.807, 2.05) is 81.6 Å². The molecule has 7 heteroatoms. The minimum absolute atomic E-state index is 0.266. The van der Waals surface area contributed by atoms with E-state index in [1.165, 1.54) is 0 Å². The normalized spacial score (nSPS) is 16.5. The number of aromatic amines is 1. The summed E-state index contributed by atoms with van der Waals surface area (Å²) in [5.41, 5.74) is 2.46. The van der Waals surface area contributed by atoms with E-state index in [1.54, 1.807) is 4.90 Å². The number of imide groups is 1. The van der Waals surface area contributed by atoms with Crippen LogP contribution in [-0.4, -0.2) is 50.8 Å². The van der Waals surface area contributed by atoms with E-state index in [4.69, 9.17) is 0 Å². The smallest absolute Gasteiger partial charge is 0.325 e. The van der Waals surface area contributed by atoms with Gasteiger partial charge >= 0.3 is 6.03 Å². The van der Waals surface area contributed by atoms with Crippen LogP contribution < -0.4 is 5.32 Å². The van der Waals surface area contributed by atoms with Crippen molar-refractivity contribution in [1.29, 1.82) is 0 Å². The van der Waals surface area contributed by atoms with Gasteiger partial charge in [0, 0.05) is 35.6 Å². The number of hydrogen-bond acceptors (Lipinski definition) is 3. The summed E-state index contributed by atoms with van der Waals surface area (Å²) in [5.74, 6) is -0.639. The maximum absolute atomic E-state index is 13.2. The van der Waals surface area contributed by atoms with Crippen molar-refractivity contribution in [2.45, 2.75) is 45.3 Å². The molecule has 1 aliphatic heterocycles. The van der Waals surface area contributed by atoms with Gasteiger partial charge in [-0.05, 0) is 38.0 Å². The molecule has 1 aromatic heterocycles. The van der Waals surface area contributed by atoms with Crippen LogP contribution in [0.2, 0.25) is 0 Å². The van der Waals surface area contributed by atoms with Crippen molar-refractivity contribution in [1.82, 2.24) is 20.1 Å². The van der Waals surface area contributed by atoms with Crippen molar-refractivity contribution in [3.05, 3.63) is 71.9 Å². The Balaban J connectivity index is 1.47. The molecule has 4 rings (SSSR count). The number of fused-ring (bicyclic) bond motifs is 1. The van der Waals surface area contributed by atoms with Crippen LogP contribution in [-0.2, 0) is 22.6 Å². The maximum atomic E-state index is 13.2. The molecular weight excluding hydrogens is 404 g/mol. The Morgan fingerprint density at radius 2 is 1.72 bits per heavy atom. The van der Waals surface area contributed by atoms with E-state index in [-0.39, 0.29) is 18.4 Å². The zero-order valence-corrected chi connectivity index (χ0v) is 18.6. The van der Waals surface area contributed by atoms with Crippen molar-refractivity contribution in [3.63, 3.8) is 0 Å². The lowest BCUT2D eigenvalue weighted by Crippen LogP contribution is -2.50. The van der Waals surface area contributed by atoms with Gasteiger partial charge in [0.25, 0.3) is 5.91 Å². The molecule has 1 unspecified atom stereocenters. The standard InChI is InChI=1S/C25H28N4O3/c1-25(2,3)29(15-17-9-5-4-6-10-17)22(30)16-28-23(31)21(27-24(28)32)13-18-14-26-20-12-8-7-11-19(18)20/h4-12,14,21,26H,13,15-16H2,1-3H3,(H,27,32). The van der Waals surface area contributed by atoms with Gasteiger partial charge in [-0.2, -0.15) is 0 Å². The average molecular weight is 433 g/mol. The Kier molecular flexibility index (Phi) is 5.74. The predicted octanol–water partition coefficient (Wildman–Crippen LogP) is 3.46. The average Bonchev–Trinajstić information content (AvgIpc) is 3.28. The first-order valence-corrected chi connectivity index (χ1v) is 10.8. The maximum Gasteiger partial charge on any atom is 0.325 e. The van der Waals surface area contributed by atoms with Crippen molar-refractivity contribution in [3.8, 4) is 0 Å². The summed E-state index contributed by atoms with van der Waals surface area (Å²) < 4.78 is 0. The number of urea groups is 1. The molecule has 0 radical (unpaired) electrons. The summed E-state index contributed by atoms with van der Waals surface area (Å²) in [6, 6.07) is 16.3. The van der Waals surface area contributed by atoms with Gasteiger partial charge in [-0.15, -0.1) is 0 Å². The fraction of sp³-hybridized carbons (Fsp3) is 0.320. The number of hydrogen-bond donors (Lipinski definition) is 2. The fourth-order valence-electron chi connectivity index (χ4n) is 4.07. The fourth-order valence-corrected chi connectivity index (χ4v) is 4.07. The number of nitrogens with one attached hydrogen (secondary N) is 2. The Morgan fingerprint density at radius 3 is 2.44 bits per heavy atom. The van der Waals surface area contributed by atoms with Gasteiger partial charge in [0.15, 0.2) is 0 Å². The van der Waals surface area contributed by atoms with Gasteiger partial charge < -0.3 is 15.2 Å². The van der Waals surface area contributed by atoms with Crippen LogP contribution in [0.25, 0.3) is 10.9 Å². The first kappa shape index (κ1) is 21.6. The number of carbonyl (C=O) groups is 3. The van der Waals surface area contributed by atoms with Crippen molar-refractivity contribution in [2.24, 2.45) is 0 Å². The van der Waals surface area contributed by atoms with Gasteiger partial charge in [0.1, 0.15) is 12.6 Å². The molecule has 4 amide bonds. The molecule has 166 valence electrons. The van der Waals surface area contributed by atoms with E-state index >= 15 is 0 Å². The van der Waals surface area contributed by atoms with Crippen LogP contribution in [0, 0.1) is 0 Å². The lowest BCUT2D eigenvalue weighted by atomic mass is 10.0. The van der Waals surface area contributed by atoms with E-state index in [0.717, 1.165) is 26.9 Å². The first-order valence-electron chi connectivity index (χ1n) is 10.8. The van der Waals surface area contributed by atoms with Crippen LogP contribution in [0.3, 0.4) is 0 Å². The predicted molar refractivity (Wildman–Crippen MR) is 123 cm³/mol. The molecule has 1 atom stereocenters. The third-order valence-corrected chi connectivity index (χ3v) is 5.79. The quantitative estimate of drug-likeness (QED) is 0.585. The minimum atomic E-state index is -0.688. The summed E-state index contributed by atoms with van der Waals surface area (Å²) in [4.78, 5) is 44.7. The van der Waals surface area contributed by atoms with Crippen molar-refractivity contribution in [2.75, 3.05) is 6.54 Å². The third-order valence-electron chi connectivity index (χ3n) is 5.79. The topological polar surface area (TPSA) is 85.5 Å². The molecule has 0 saturated carbocycles. The zero-order chi connectivity index (χ0) is 22.9. The second kappa shape index (κ2) is 8.49. The number of aromatic nitrogens is 1. The summed E-state index contributed by atoms with van der Waals surface area (Å²) in [5, 5.41) is 3.76. The summed E-state index contributed by atoms with van der Waals surface area (Å²) in [6.45, 7) is 5.96. The molecule has 3 aromatic rings. The number of H-pyrrole nitrogens is 1. The van der Waals surface area contributed by atoms with Crippen LogP contribution in [0.1, 0.15) is 31.9 Å².